The normalized spacial score (nSPS) is 10.5. The fourth-order valence-corrected chi connectivity index (χ4v) is 0.778. The number of aliphatic hydroxyl groups is 1. The summed E-state index contributed by atoms with van der Waals surface area (Å²) in [5.74, 6) is -1.23. The summed E-state index contributed by atoms with van der Waals surface area (Å²) in [5.41, 5.74) is 0.403. The smallest absolute Gasteiger partial charge is 0.316 e. The van der Waals surface area contributed by atoms with Crippen molar-refractivity contribution >= 4 is 66.8 Å². The van der Waals surface area contributed by atoms with Crippen LogP contribution < -0.4 is 0 Å². The summed E-state index contributed by atoms with van der Waals surface area (Å²) in [6.45, 7) is 0. The molecule has 5 heteroatoms. The molecule has 0 fully saturated rings. The summed E-state index contributed by atoms with van der Waals surface area (Å²) in [4.78, 5) is 10.2. The Labute approximate surface area is 122 Å². The molecule has 0 amide bonds. The third-order valence-electron chi connectivity index (χ3n) is 1.35. The molecule has 1 aromatic rings. The summed E-state index contributed by atoms with van der Waals surface area (Å²) >= 11 is 0. The molecule has 1 rings (SSSR count). The van der Waals surface area contributed by atoms with Crippen molar-refractivity contribution < 1.29 is 15.0 Å². The van der Waals surface area contributed by atoms with E-state index in [1.807, 2.05) is 0 Å². The van der Waals surface area contributed by atoms with Crippen molar-refractivity contribution in [1.29, 1.82) is 0 Å². The first kappa shape index (κ1) is 16.1. The summed E-state index contributed by atoms with van der Waals surface area (Å²) in [7, 11) is 0. The summed E-state index contributed by atoms with van der Waals surface area (Å²) in [6, 6.07) is 8.26. The number of hydrogen-bond donors (Lipinski definition) is 2. The molecular formula is C8H12CaMgO3. The zero-order valence-electron chi connectivity index (χ0n) is 5.77. The van der Waals surface area contributed by atoms with E-state index in [1.165, 1.54) is 0 Å². The largest absolute Gasteiger partial charge is 0.316 e. The molecule has 66 valence electrons. The second-order valence-corrected chi connectivity index (χ2v) is 2.15. The van der Waals surface area contributed by atoms with Crippen LogP contribution in [0.1, 0.15) is 11.7 Å². The second-order valence-electron chi connectivity index (χ2n) is 2.15. The van der Waals surface area contributed by atoms with Gasteiger partial charge in [-0.15, -0.1) is 0 Å². The molecule has 3 nitrogen and oxygen atoms in total. The predicted octanol–water partition coefficient (Wildman–Crippen LogP) is -1.03. The number of rotatable bonds is 2. The Morgan fingerprint density at radius 2 is 1.69 bits per heavy atom. The molecule has 1 unspecified atom stereocenters. The van der Waals surface area contributed by atoms with Crippen LogP contribution in [-0.4, -0.2) is 77.0 Å². The summed E-state index contributed by atoms with van der Waals surface area (Å²) in [6.07, 6.45) is -1.41. The molecule has 0 heterocycles. The van der Waals surface area contributed by atoms with Crippen LogP contribution in [0.25, 0.3) is 0 Å². The van der Waals surface area contributed by atoms with Crippen molar-refractivity contribution in [2.75, 3.05) is 0 Å². The van der Waals surface area contributed by atoms with E-state index in [0.29, 0.717) is 5.56 Å². The van der Waals surface area contributed by atoms with E-state index in [2.05, 4.69) is 0 Å². The maximum atomic E-state index is 10.2. The first-order valence-electron chi connectivity index (χ1n) is 3.17. The van der Waals surface area contributed by atoms with Crippen LogP contribution in [0.3, 0.4) is 0 Å². The number of benzene rings is 1. The van der Waals surface area contributed by atoms with Gasteiger partial charge in [-0.3, -0.25) is 0 Å². The van der Waals surface area contributed by atoms with E-state index in [4.69, 9.17) is 10.2 Å². The van der Waals surface area contributed by atoms with Gasteiger partial charge in [-0.25, -0.2) is 4.79 Å². The molecule has 1 atom stereocenters. The maximum absolute atomic E-state index is 10.2. The van der Waals surface area contributed by atoms with Gasteiger partial charge < -0.3 is 10.2 Å². The van der Waals surface area contributed by atoms with Gasteiger partial charge in [0.05, 0.1) is 0 Å². The van der Waals surface area contributed by atoms with Gasteiger partial charge in [0.15, 0.2) is 6.10 Å². The Hall–Kier alpha value is 0.676. The van der Waals surface area contributed by atoms with Crippen LogP contribution in [0.5, 0.6) is 0 Å². The number of hydrogen-bond acceptors (Lipinski definition) is 2. The van der Waals surface area contributed by atoms with E-state index in [9.17, 15) is 4.79 Å². The SMILES string of the molecule is O=C(O)C(O)c1ccccc1.[CaH2].[MgH2]. The molecule has 0 aliphatic rings. The van der Waals surface area contributed by atoms with Crippen molar-refractivity contribution in [2.24, 2.45) is 0 Å². The molecule has 0 aliphatic carbocycles. The maximum Gasteiger partial charge on any atom is 0.316 e. The Morgan fingerprint density at radius 1 is 1.23 bits per heavy atom. The molecule has 0 saturated heterocycles. The Bertz CT molecular complexity index is 253. The average molecular weight is 221 g/mol. The zero-order valence-corrected chi connectivity index (χ0v) is 5.77. The number of aliphatic carboxylic acids is 1. The van der Waals surface area contributed by atoms with Crippen LogP contribution in [-0.2, 0) is 4.79 Å². The van der Waals surface area contributed by atoms with Crippen molar-refractivity contribution in [3.8, 4) is 0 Å². The van der Waals surface area contributed by atoms with Crippen LogP contribution in [0.4, 0.5) is 0 Å². The molecule has 0 aliphatic heterocycles. The summed E-state index contributed by atoms with van der Waals surface area (Å²) in [5, 5.41) is 17.4. The van der Waals surface area contributed by atoms with Gasteiger partial charge in [0.2, 0.25) is 0 Å². The Morgan fingerprint density at radius 3 is 2.08 bits per heavy atom. The van der Waals surface area contributed by atoms with Gasteiger partial charge in [-0.1, -0.05) is 30.3 Å². The van der Waals surface area contributed by atoms with Gasteiger partial charge in [-0.2, -0.15) is 0 Å². The predicted molar refractivity (Wildman–Crippen MR) is 56.1 cm³/mol. The van der Waals surface area contributed by atoms with E-state index in [1.54, 1.807) is 30.3 Å². The fraction of sp³-hybridized carbons (Fsp3) is 0.125. The first-order chi connectivity index (χ1) is 5.22. The van der Waals surface area contributed by atoms with E-state index in [-0.39, 0.29) is 60.8 Å². The third kappa shape index (κ3) is 5.20. The van der Waals surface area contributed by atoms with Gasteiger partial charge in [0.1, 0.15) is 0 Å². The Balaban J connectivity index is 0. The van der Waals surface area contributed by atoms with E-state index >= 15 is 0 Å². The molecule has 0 radical (unpaired) electrons. The number of aliphatic hydroxyl groups excluding tert-OH is 1. The van der Waals surface area contributed by atoms with Crippen LogP contribution in [0, 0.1) is 0 Å². The molecule has 1 aromatic carbocycles. The number of carbonyl (C=O) groups is 1. The quantitative estimate of drug-likeness (QED) is 0.627. The number of carboxylic acid groups (broad SMARTS) is 1. The summed E-state index contributed by atoms with van der Waals surface area (Å²) < 4.78 is 0. The minimum Gasteiger partial charge on any atom is 0.316 e. The van der Waals surface area contributed by atoms with E-state index < -0.39 is 12.1 Å². The molecule has 0 bridgehead atoms. The molecular weight excluding hydrogens is 208 g/mol. The molecule has 13 heavy (non-hydrogen) atoms. The van der Waals surface area contributed by atoms with Crippen molar-refractivity contribution in [1.82, 2.24) is 0 Å². The molecule has 0 aromatic heterocycles. The topological polar surface area (TPSA) is 57.5 Å². The van der Waals surface area contributed by atoms with Crippen LogP contribution in [0.2, 0.25) is 0 Å². The van der Waals surface area contributed by atoms with Gasteiger partial charge >= 0.3 is 66.8 Å². The third-order valence-corrected chi connectivity index (χ3v) is 1.35. The zero-order chi connectivity index (χ0) is 8.27. The standard InChI is InChI=1S/C8H8O3.Ca.Mg.4H/c9-7(8(10)11)6-4-2-1-3-5-6;;;;;;/h1-5,7,9H,(H,10,11);;;;;;. The van der Waals surface area contributed by atoms with Gasteiger partial charge in [0.25, 0.3) is 0 Å². The first-order valence-corrected chi connectivity index (χ1v) is 3.17. The minimum atomic E-state index is -1.41. The van der Waals surface area contributed by atoms with Crippen LogP contribution >= 0.6 is 0 Å². The van der Waals surface area contributed by atoms with Crippen molar-refractivity contribution in [2.45, 2.75) is 6.10 Å². The average Bonchev–Trinajstić information content (AvgIpc) is 2.05. The molecule has 2 N–H and O–H groups in total. The Kier molecular flexibility index (Phi) is 9.95. The van der Waals surface area contributed by atoms with Crippen molar-refractivity contribution in [3.63, 3.8) is 0 Å². The minimum absolute atomic E-state index is 0. The molecule has 0 spiro atoms. The second kappa shape index (κ2) is 8.02. The van der Waals surface area contributed by atoms with Gasteiger partial charge in [-0.05, 0) is 5.56 Å². The fourth-order valence-electron chi connectivity index (χ4n) is 0.778. The van der Waals surface area contributed by atoms with Crippen LogP contribution in [0.15, 0.2) is 30.3 Å². The number of carboxylic acids is 1. The van der Waals surface area contributed by atoms with Crippen molar-refractivity contribution in [3.05, 3.63) is 35.9 Å². The monoisotopic (exact) mass is 220 g/mol. The van der Waals surface area contributed by atoms with E-state index in [0.717, 1.165) is 0 Å². The molecule has 0 saturated carbocycles. The van der Waals surface area contributed by atoms with Gasteiger partial charge in [0, 0.05) is 0 Å².